The lowest BCUT2D eigenvalue weighted by Crippen LogP contribution is -2.18. The molecule has 1 N–H and O–H groups in total. The highest BCUT2D eigenvalue weighted by atomic mass is 16.5. The van der Waals surface area contributed by atoms with Gasteiger partial charge >= 0.3 is 6.09 Å². The van der Waals surface area contributed by atoms with Gasteiger partial charge in [0.25, 0.3) is 0 Å². The average molecular weight is 247 g/mol. The number of hydrogen-bond donors (Lipinski definition) is 1. The van der Waals surface area contributed by atoms with Crippen LogP contribution in [0.5, 0.6) is 0 Å². The minimum atomic E-state index is -0.376. The van der Waals surface area contributed by atoms with Crippen LogP contribution in [0.1, 0.15) is 31.7 Å². The SMILES string of the molecule is CCCCOC(=O)NC=CCCc1ccccc1. The lowest BCUT2D eigenvalue weighted by molar-refractivity contribution is 0.148. The summed E-state index contributed by atoms with van der Waals surface area (Å²) in [7, 11) is 0. The number of ether oxygens (including phenoxy) is 1. The smallest absolute Gasteiger partial charge is 0.411 e. The fourth-order valence-corrected chi connectivity index (χ4v) is 1.46. The molecular weight excluding hydrogens is 226 g/mol. The van der Waals surface area contributed by atoms with E-state index in [0.717, 1.165) is 25.7 Å². The third-order valence-corrected chi connectivity index (χ3v) is 2.49. The van der Waals surface area contributed by atoms with Gasteiger partial charge in [0.2, 0.25) is 0 Å². The summed E-state index contributed by atoms with van der Waals surface area (Å²) in [5.41, 5.74) is 1.30. The lowest BCUT2D eigenvalue weighted by atomic mass is 10.1. The zero-order valence-electron chi connectivity index (χ0n) is 10.9. The van der Waals surface area contributed by atoms with E-state index < -0.39 is 0 Å². The highest BCUT2D eigenvalue weighted by molar-refractivity contribution is 5.68. The van der Waals surface area contributed by atoms with E-state index in [2.05, 4.69) is 24.4 Å². The van der Waals surface area contributed by atoms with Crippen molar-refractivity contribution in [2.45, 2.75) is 32.6 Å². The number of benzene rings is 1. The van der Waals surface area contributed by atoms with Crippen LogP contribution >= 0.6 is 0 Å². The van der Waals surface area contributed by atoms with Crippen LogP contribution in [0, 0.1) is 0 Å². The molecule has 0 saturated heterocycles. The highest BCUT2D eigenvalue weighted by Crippen LogP contribution is 2.02. The maximum atomic E-state index is 11.2. The third kappa shape index (κ3) is 6.74. The molecule has 0 aliphatic rings. The van der Waals surface area contributed by atoms with Crippen molar-refractivity contribution < 1.29 is 9.53 Å². The molecule has 0 radical (unpaired) electrons. The monoisotopic (exact) mass is 247 g/mol. The summed E-state index contributed by atoms with van der Waals surface area (Å²) >= 11 is 0. The Morgan fingerprint density at radius 2 is 2.11 bits per heavy atom. The predicted molar refractivity (Wildman–Crippen MR) is 73.3 cm³/mol. The van der Waals surface area contributed by atoms with Gasteiger partial charge in [-0.3, -0.25) is 5.32 Å². The van der Waals surface area contributed by atoms with Gasteiger partial charge in [-0.15, -0.1) is 0 Å². The molecule has 1 rings (SSSR count). The van der Waals surface area contributed by atoms with Gasteiger partial charge in [-0.1, -0.05) is 49.8 Å². The van der Waals surface area contributed by atoms with Crippen LogP contribution < -0.4 is 5.32 Å². The van der Waals surface area contributed by atoms with Gasteiger partial charge in [0.05, 0.1) is 6.61 Å². The summed E-state index contributed by atoms with van der Waals surface area (Å²) in [6.07, 6.45) is 7.03. The first kappa shape index (κ1) is 14.3. The van der Waals surface area contributed by atoms with Crippen molar-refractivity contribution in [2.75, 3.05) is 6.61 Å². The van der Waals surface area contributed by atoms with Crippen molar-refractivity contribution in [3.63, 3.8) is 0 Å². The van der Waals surface area contributed by atoms with Crippen molar-refractivity contribution in [1.29, 1.82) is 0 Å². The number of unbranched alkanes of at least 4 members (excludes halogenated alkanes) is 1. The quantitative estimate of drug-likeness (QED) is 0.747. The fourth-order valence-electron chi connectivity index (χ4n) is 1.46. The van der Waals surface area contributed by atoms with E-state index in [4.69, 9.17) is 4.74 Å². The van der Waals surface area contributed by atoms with E-state index in [1.807, 2.05) is 24.3 Å². The maximum Gasteiger partial charge on any atom is 0.411 e. The number of carbonyl (C=O) groups is 1. The number of allylic oxidation sites excluding steroid dienone is 1. The molecule has 98 valence electrons. The fraction of sp³-hybridized carbons (Fsp3) is 0.400. The van der Waals surface area contributed by atoms with Crippen LogP contribution in [0.2, 0.25) is 0 Å². The van der Waals surface area contributed by atoms with E-state index >= 15 is 0 Å². The molecule has 0 fully saturated rings. The Balaban J connectivity index is 2.08. The second-order valence-electron chi connectivity index (χ2n) is 4.06. The normalized spacial score (nSPS) is 10.5. The molecule has 1 aromatic carbocycles. The molecule has 1 amide bonds. The topological polar surface area (TPSA) is 38.3 Å². The second-order valence-corrected chi connectivity index (χ2v) is 4.06. The van der Waals surface area contributed by atoms with Crippen LogP contribution in [-0.4, -0.2) is 12.7 Å². The van der Waals surface area contributed by atoms with Gasteiger partial charge in [-0.25, -0.2) is 4.79 Å². The molecule has 0 saturated carbocycles. The molecule has 3 heteroatoms. The number of rotatable bonds is 7. The molecule has 0 heterocycles. The Bertz CT molecular complexity index is 360. The Kier molecular flexibility index (Phi) is 7.37. The molecule has 3 nitrogen and oxygen atoms in total. The Morgan fingerprint density at radius 3 is 2.83 bits per heavy atom. The molecule has 0 aliphatic heterocycles. The van der Waals surface area contributed by atoms with Crippen LogP contribution in [0.15, 0.2) is 42.6 Å². The third-order valence-electron chi connectivity index (χ3n) is 2.49. The Morgan fingerprint density at radius 1 is 1.33 bits per heavy atom. The molecule has 0 aromatic heterocycles. The van der Waals surface area contributed by atoms with Crippen molar-refractivity contribution in [3.05, 3.63) is 48.2 Å². The van der Waals surface area contributed by atoms with Gasteiger partial charge in [0.1, 0.15) is 0 Å². The molecule has 1 aromatic rings. The number of aryl methyl sites for hydroxylation is 1. The Labute approximate surface area is 109 Å². The summed E-state index contributed by atoms with van der Waals surface area (Å²) in [4.78, 5) is 11.2. The van der Waals surface area contributed by atoms with Crippen LogP contribution in [-0.2, 0) is 11.2 Å². The van der Waals surface area contributed by atoms with Crippen molar-refractivity contribution in [2.24, 2.45) is 0 Å². The first-order valence-corrected chi connectivity index (χ1v) is 6.45. The number of amides is 1. The molecule has 0 atom stereocenters. The summed E-state index contributed by atoms with van der Waals surface area (Å²) < 4.78 is 4.95. The maximum absolute atomic E-state index is 11.2. The van der Waals surface area contributed by atoms with E-state index in [9.17, 15) is 4.79 Å². The molecule has 0 bridgehead atoms. The number of nitrogens with one attached hydrogen (secondary N) is 1. The zero-order valence-corrected chi connectivity index (χ0v) is 10.9. The molecule has 18 heavy (non-hydrogen) atoms. The summed E-state index contributed by atoms with van der Waals surface area (Å²) in [5.74, 6) is 0. The number of hydrogen-bond acceptors (Lipinski definition) is 2. The van der Waals surface area contributed by atoms with E-state index in [0.29, 0.717) is 6.61 Å². The average Bonchev–Trinajstić information content (AvgIpc) is 2.40. The summed E-state index contributed by atoms with van der Waals surface area (Å²) in [6.45, 7) is 2.55. The van der Waals surface area contributed by atoms with E-state index in [-0.39, 0.29) is 6.09 Å². The first-order valence-electron chi connectivity index (χ1n) is 6.45. The van der Waals surface area contributed by atoms with Crippen molar-refractivity contribution in [3.8, 4) is 0 Å². The van der Waals surface area contributed by atoms with Crippen molar-refractivity contribution in [1.82, 2.24) is 5.32 Å². The second kappa shape index (κ2) is 9.28. The van der Waals surface area contributed by atoms with E-state index in [1.54, 1.807) is 6.20 Å². The van der Waals surface area contributed by atoms with Gasteiger partial charge in [-0.2, -0.15) is 0 Å². The van der Waals surface area contributed by atoms with Crippen molar-refractivity contribution >= 4 is 6.09 Å². The molecule has 0 aliphatic carbocycles. The zero-order chi connectivity index (χ0) is 13.1. The van der Waals surface area contributed by atoms with E-state index in [1.165, 1.54) is 5.56 Å². The first-order chi connectivity index (χ1) is 8.83. The number of carbonyl (C=O) groups excluding carboxylic acids is 1. The predicted octanol–water partition coefficient (Wildman–Crippen LogP) is 3.66. The van der Waals surface area contributed by atoms with Crippen LogP contribution in [0.4, 0.5) is 4.79 Å². The minimum absolute atomic E-state index is 0.376. The lowest BCUT2D eigenvalue weighted by Gasteiger charge is -2.02. The van der Waals surface area contributed by atoms with Gasteiger partial charge in [-0.05, 0) is 24.8 Å². The van der Waals surface area contributed by atoms with Gasteiger partial charge in [0, 0.05) is 6.20 Å². The van der Waals surface area contributed by atoms with Gasteiger partial charge in [0.15, 0.2) is 0 Å². The summed E-state index contributed by atoms with van der Waals surface area (Å²) in [5, 5.41) is 2.59. The van der Waals surface area contributed by atoms with Crippen LogP contribution in [0.25, 0.3) is 0 Å². The van der Waals surface area contributed by atoms with Crippen LogP contribution in [0.3, 0.4) is 0 Å². The molecule has 0 unspecified atom stereocenters. The Hall–Kier alpha value is -1.77. The minimum Gasteiger partial charge on any atom is -0.449 e. The highest BCUT2D eigenvalue weighted by Gasteiger charge is 1.96. The van der Waals surface area contributed by atoms with Gasteiger partial charge < -0.3 is 4.74 Å². The summed E-state index contributed by atoms with van der Waals surface area (Å²) in [6, 6.07) is 10.3. The standard InChI is InChI=1S/C15H21NO2/c1-2-3-13-18-15(17)16-12-8-7-11-14-9-5-4-6-10-14/h4-6,8-10,12H,2-3,7,11,13H2,1H3,(H,16,17). The molecule has 0 spiro atoms. The number of alkyl carbamates (subject to hydrolysis) is 1. The largest absolute Gasteiger partial charge is 0.449 e. The molecular formula is C15H21NO2.